The Balaban J connectivity index is 1.35. The average Bonchev–Trinajstić information content (AvgIpc) is 3.16. The number of amides is 1. The molecule has 0 saturated heterocycles. The van der Waals surface area contributed by atoms with E-state index in [0.29, 0.717) is 5.41 Å². The average molecular weight is 364 g/mol. The van der Waals surface area contributed by atoms with Gasteiger partial charge in [0.15, 0.2) is 0 Å². The normalized spacial score (nSPS) is 30.8. The van der Waals surface area contributed by atoms with Gasteiger partial charge in [-0.2, -0.15) is 5.10 Å². The molecule has 0 radical (unpaired) electrons. The van der Waals surface area contributed by atoms with Crippen LogP contribution in [0.25, 0.3) is 0 Å². The van der Waals surface area contributed by atoms with Crippen molar-refractivity contribution < 1.29 is 4.79 Å². The number of rotatable bonds is 5. The van der Waals surface area contributed by atoms with Gasteiger partial charge in [-0.3, -0.25) is 9.48 Å². The van der Waals surface area contributed by atoms with Crippen LogP contribution in [0.1, 0.15) is 59.4 Å². The molecule has 4 aliphatic rings. The zero-order valence-corrected chi connectivity index (χ0v) is 16.4. The monoisotopic (exact) mass is 363 g/mol. The summed E-state index contributed by atoms with van der Waals surface area (Å²) >= 11 is 0. The van der Waals surface area contributed by atoms with E-state index in [0.717, 1.165) is 47.7 Å². The summed E-state index contributed by atoms with van der Waals surface area (Å²) in [5.74, 6) is 2.76. The molecule has 4 heteroatoms. The molecular formula is C23H29N3O. The first kappa shape index (κ1) is 17.0. The first-order valence-electron chi connectivity index (χ1n) is 10.4. The number of nitrogens with one attached hydrogen (secondary N) is 1. The van der Waals surface area contributed by atoms with Crippen molar-refractivity contribution in [1.29, 1.82) is 0 Å². The smallest absolute Gasteiger partial charge is 0.255 e. The Bertz CT molecular complexity index is 855. The van der Waals surface area contributed by atoms with E-state index >= 15 is 0 Å². The highest BCUT2D eigenvalue weighted by atomic mass is 16.1. The van der Waals surface area contributed by atoms with E-state index in [9.17, 15) is 4.79 Å². The predicted molar refractivity (Wildman–Crippen MR) is 106 cm³/mol. The van der Waals surface area contributed by atoms with Crippen LogP contribution < -0.4 is 5.32 Å². The molecule has 2 atom stereocenters. The van der Waals surface area contributed by atoms with E-state index in [1.54, 1.807) is 0 Å². The second kappa shape index (κ2) is 6.22. The van der Waals surface area contributed by atoms with E-state index in [-0.39, 0.29) is 5.91 Å². The lowest BCUT2D eigenvalue weighted by Crippen LogP contribution is -2.39. The number of aryl methyl sites for hydroxylation is 2. The quantitative estimate of drug-likeness (QED) is 0.876. The molecule has 4 fully saturated rings. The zero-order valence-electron chi connectivity index (χ0n) is 16.4. The number of aromatic nitrogens is 2. The molecule has 1 aromatic carbocycles. The Kier molecular flexibility index (Phi) is 3.92. The highest BCUT2D eigenvalue weighted by Crippen LogP contribution is 2.65. The molecule has 0 spiro atoms. The molecule has 27 heavy (non-hydrogen) atoms. The van der Waals surface area contributed by atoms with Crippen molar-refractivity contribution >= 4 is 5.91 Å². The number of benzene rings is 1. The summed E-state index contributed by atoms with van der Waals surface area (Å²) in [4.78, 5) is 13.2. The SMILES string of the molecule is Cc1nn(C)c(Cc2ccccc2)c1C(=O)NCC12CC3CC(CC1C3)C2. The van der Waals surface area contributed by atoms with Crippen molar-refractivity contribution in [2.75, 3.05) is 6.54 Å². The van der Waals surface area contributed by atoms with Crippen molar-refractivity contribution in [3.05, 3.63) is 52.8 Å². The predicted octanol–water partition coefficient (Wildman–Crippen LogP) is 3.88. The molecule has 1 N–H and O–H groups in total. The molecule has 2 unspecified atom stereocenters. The minimum Gasteiger partial charge on any atom is -0.351 e. The van der Waals surface area contributed by atoms with Crippen molar-refractivity contribution in [2.45, 2.75) is 45.4 Å². The Morgan fingerprint density at radius 3 is 2.59 bits per heavy atom. The third-order valence-electron chi connectivity index (χ3n) is 7.54. The Morgan fingerprint density at radius 1 is 1.19 bits per heavy atom. The van der Waals surface area contributed by atoms with Gasteiger partial charge in [0, 0.05) is 20.0 Å². The maximum absolute atomic E-state index is 13.2. The van der Waals surface area contributed by atoms with E-state index in [1.165, 1.54) is 37.7 Å². The fourth-order valence-electron chi connectivity index (χ4n) is 6.59. The van der Waals surface area contributed by atoms with E-state index in [2.05, 4.69) is 22.5 Å². The Hall–Kier alpha value is -2.10. The first-order chi connectivity index (χ1) is 13.0. The lowest BCUT2D eigenvalue weighted by atomic mass is 9.75. The van der Waals surface area contributed by atoms with Crippen LogP contribution in [0.4, 0.5) is 0 Å². The van der Waals surface area contributed by atoms with Crippen molar-refractivity contribution in [3.8, 4) is 0 Å². The first-order valence-corrected chi connectivity index (χ1v) is 10.4. The zero-order chi connectivity index (χ0) is 18.6. The van der Waals surface area contributed by atoms with Gasteiger partial charge in [0.2, 0.25) is 0 Å². The summed E-state index contributed by atoms with van der Waals surface area (Å²) in [7, 11) is 1.94. The molecule has 0 aliphatic heterocycles. The summed E-state index contributed by atoms with van der Waals surface area (Å²) in [6.45, 7) is 2.80. The van der Waals surface area contributed by atoms with Crippen LogP contribution in [0.15, 0.2) is 30.3 Å². The molecule has 4 bridgehead atoms. The Labute approximate surface area is 161 Å². The second-order valence-corrected chi connectivity index (χ2v) is 9.28. The molecule has 1 heterocycles. The summed E-state index contributed by atoms with van der Waals surface area (Å²) in [6, 6.07) is 10.3. The second-order valence-electron chi connectivity index (χ2n) is 9.28. The molecule has 1 aromatic heterocycles. The van der Waals surface area contributed by atoms with Gasteiger partial charge >= 0.3 is 0 Å². The molecule has 4 nitrogen and oxygen atoms in total. The largest absolute Gasteiger partial charge is 0.351 e. The number of nitrogens with zero attached hydrogens (tertiary/aromatic N) is 2. The summed E-state index contributed by atoms with van der Waals surface area (Å²) < 4.78 is 1.87. The molecule has 142 valence electrons. The summed E-state index contributed by atoms with van der Waals surface area (Å²) in [5, 5.41) is 7.88. The number of hydrogen-bond donors (Lipinski definition) is 1. The number of hydrogen-bond acceptors (Lipinski definition) is 2. The third-order valence-corrected chi connectivity index (χ3v) is 7.54. The maximum Gasteiger partial charge on any atom is 0.255 e. The standard InChI is InChI=1S/C23H29N3O/c1-15-21(20(26(2)25-15)11-16-6-4-3-5-7-16)22(27)24-14-23-12-17-8-18(13-23)10-19(23)9-17/h3-7,17-19H,8-14H2,1-2H3,(H,24,27). The van der Waals surface area contributed by atoms with Crippen LogP contribution in [-0.2, 0) is 13.5 Å². The Morgan fingerprint density at radius 2 is 1.89 bits per heavy atom. The third kappa shape index (κ3) is 2.81. The van der Waals surface area contributed by atoms with Gasteiger partial charge in [0.05, 0.1) is 17.0 Å². The van der Waals surface area contributed by atoms with Gasteiger partial charge in [0.1, 0.15) is 0 Å². The van der Waals surface area contributed by atoms with Crippen LogP contribution >= 0.6 is 0 Å². The van der Waals surface area contributed by atoms with Crippen LogP contribution in [0, 0.1) is 30.1 Å². The fourth-order valence-corrected chi connectivity index (χ4v) is 6.59. The lowest BCUT2D eigenvalue weighted by molar-refractivity contribution is 0.0912. The molecule has 4 saturated carbocycles. The van der Waals surface area contributed by atoms with Gasteiger partial charge in [-0.1, -0.05) is 30.3 Å². The van der Waals surface area contributed by atoms with Gasteiger partial charge < -0.3 is 5.32 Å². The molecule has 1 amide bonds. The highest BCUT2D eigenvalue weighted by molar-refractivity contribution is 5.96. The van der Waals surface area contributed by atoms with Crippen molar-refractivity contribution in [3.63, 3.8) is 0 Å². The minimum atomic E-state index is 0.0622. The fraction of sp³-hybridized carbons (Fsp3) is 0.565. The van der Waals surface area contributed by atoms with E-state index in [1.807, 2.05) is 36.9 Å². The van der Waals surface area contributed by atoms with Gasteiger partial charge in [-0.25, -0.2) is 0 Å². The van der Waals surface area contributed by atoms with Gasteiger partial charge in [0.25, 0.3) is 5.91 Å². The van der Waals surface area contributed by atoms with E-state index < -0.39 is 0 Å². The van der Waals surface area contributed by atoms with Crippen LogP contribution in [0.2, 0.25) is 0 Å². The number of carbonyl (C=O) groups excluding carboxylic acids is 1. The minimum absolute atomic E-state index is 0.0622. The lowest BCUT2D eigenvalue weighted by Gasteiger charge is -2.33. The van der Waals surface area contributed by atoms with Crippen molar-refractivity contribution in [1.82, 2.24) is 15.1 Å². The maximum atomic E-state index is 13.2. The van der Waals surface area contributed by atoms with Crippen LogP contribution in [-0.4, -0.2) is 22.2 Å². The number of carbonyl (C=O) groups is 1. The summed E-state index contributed by atoms with van der Waals surface area (Å²) in [6.07, 6.45) is 7.64. The van der Waals surface area contributed by atoms with E-state index in [4.69, 9.17) is 0 Å². The highest BCUT2D eigenvalue weighted by Gasteiger charge is 2.57. The van der Waals surface area contributed by atoms with Gasteiger partial charge in [-0.15, -0.1) is 0 Å². The van der Waals surface area contributed by atoms with Gasteiger partial charge in [-0.05, 0) is 67.8 Å². The van der Waals surface area contributed by atoms with Crippen LogP contribution in [0.5, 0.6) is 0 Å². The van der Waals surface area contributed by atoms with Crippen molar-refractivity contribution in [2.24, 2.45) is 30.2 Å². The topological polar surface area (TPSA) is 46.9 Å². The molecular weight excluding hydrogens is 334 g/mol. The molecule has 4 aliphatic carbocycles. The summed E-state index contributed by atoms with van der Waals surface area (Å²) in [5.41, 5.74) is 4.20. The molecule has 6 rings (SSSR count). The van der Waals surface area contributed by atoms with Crippen LogP contribution in [0.3, 0.4) is 0 Å². The molecule has 2 aromatic rings.